The highest BCUT2D eigenvalue weighted by Gasteiger charge is 2.18. The minimum atomic E-state index is -3.57. The molecule has 1 aromatic carbocycles. The van der Waals surface area contributed by atoms with Crippen LogP contribution in [0.25, 0.3) is 0 Å². The Morgan fingerprint density at radius 2 is 1.95 bits per heavy atom. The van der Waals surface area contributed by atoms with E-state index in [0.717, 1.165) is 5.56 Å². The molecule has 1 unspecified atom stereocenters. The summed E-state index contributed by atoms with van der Waals surface area (Å²) in [5.74, 6) is 0.648. The second kappa shape index (κ2) is 7.73. The van der Waals surface area contributed by atoms with Crippen LogP contribution in [-0.2, 0) is 14.8 Å². The molecule has 0 aliphatic heterocycles. The van der Waals surface area contributed by atoms with Gasteiger partial charge in [-0.25, -0.2) is 13.1 Å². The van der Waals surface area contributed by atoms with Crippen LogP contribution in [0.15, 0.2) is 46.0 Å². The molecule has 0 radical (unpaired) electrons. The highest BCUT2D eigenvalue weighted by Crippen LogP contribution is 2.20. The van der Waals surface area contributed by atoms with Crippen molar-refractivity contribution in [1.82, 2.24) is 4.72 Å². The maximum absolute atomic E-state index is 12.3. The van der Waals surface area contributed by atoms with Crippen LogP contribution >= 0.6 is 11.3 Å². The standard InChI is InChI=1S/C15H19NO4S2/c1-3-20-13-4-6-14(7-5-13)22(17,18)16-10-15(19-2)12-8-9-21-11-12/h4-9,11,15-16H,3,10H2,1-2H3. The zero-order valence-corrected chi connectivity index (χ0v) is 14.1. The minimum Gasteiger partial charge on any atom is -0.494 e. The van der Waals surface area contributed by atoms with E-state index < -0.39 is 10.0 Å². The predicted octanol–water partition coefficient (Wildman–Crippen LogP) is 2.81. The molecule has 0 amide bonds. The lowest BCUT2D eigenvalue weighted by atomic mass is 10.2. The van der Waals surface area contributed by atoms with Gasteiger partial charge in [-0.2, -0.15) is 11.3 Å². The van der Waals surface area contributed by atoms with Gasteiger partial charge in [0, 0.05) is 13.7 Å². The third kappa shape index (κ3) is 4.30. The molecule has 22 heavy (non-hydrogen) atoms. The highest BCUT2D eigenvalue weighted by atomic mass is 32.2. The molecule has 0 saturated carbocycles. The quantitative estimate of drug-likeness (QED) is 0.802. The largest absolute Gasteiger partial charge is 0.494 e. The summed E-state index contributed by atoms with van der Waals surface area (Å²) in [5, 5.41) is 3.88. The molecule has 120 valence electrons. The Balaban J connectivity index is 2.04. The minimum absolute atomic E-state index is 0.183. The average molecular weight is 341 g/mol. The van der Waals surface area contributed by atoms with Gasteiger partial charge in [-0.05, 0) is 53.6 Å². The Bertz CT molecular complexity index is 666. The van der Waals surface area contributed by atoms with Crippen LogP contribution in [0.5, 0.6) is 5.75 Å². The van der Waals surface area contributed by atoms with Gasteiger partial charge in [0.2, 0.25) is 10.0 Å². The van der Waals surface area contributed by atoms with Crippen LogP contribution in [0.4, 0.5) is 0 Å². The molecule has 1 aromatic heterocycles. The van der Waals surface area contributed by atoms with Gasteiger partial charge in [0.15, 0.2) is 0 Å². The van der Waals surface area contributed by atoms with Crippen LogP contribution in [0.3, 0.4) is 0 Å². The Morgan fingerprint density at radius 3 is 2.50 bits per heavy atom. The fraction of sp³-hybridized carbons (Fsp3) is 0.333. The van der Waals surface area contributed by atoms with E-state index in [0.29, 0.717) is 12.4 Å². The van der Waals surface area contributed by atoms with Crippen LogP contribution in [0.2, 0.25) is 0 Å². The lowest BCUT2D eigenvalue weighted by Crippen LogP contribution is -2.29. The molecule has 1 heterocycles. The lowest BCUT2D eigenvalue weighted by molar-refractivity contribution is 0.107. The van der Waals surface area contributed by atoms with Gasteiger partial charge in [0.1, 0.15) is 5.75 Å². The molecule has 0 aliphatic rings. The van der Waals surface area contributed by atoms with Crippen LogP contribution in [0.1, 0.15) is 18.6 Å². The van der Waals surface area contributed by atoms with Crippen molar-refractivity contribution in [2.24, 2.45) is 0 Å². The number of ether oxygens (including phenoxy) is 2. The smallest absolute Gasteiger partial charge is 0.240 e. The molecule has 0 aliphatic carbocycles. The summed E-state index contributed by atoms with van der Waals surface area (Å²) < 4.78 is 37.8. The first-order chi connectivity index (χ1) is 10.6. The van der Waals surface area contributed by atoms with Gasteiger partial charge in [0.05, 0.1) is 17.6 Å². The third-order valence-corrected chi connectivity index (χ3v) is 5.24. The fourth-order valence-corrected chi connectivity index (χ4v) is 3.68. The summed E-state index contributed by atoms with van der Waals surface area (Å²) in [7, 11) is -2.01. The molecule has 5 nitrogen and oxygen atoms in total. The van der Waals surface area contributed by atoms with Crippen molar-refractivity contribution in [2.45, 2.75) is 17.9 Å². The number of sulfonamides is 1. The van der Waals surface area contributed by atoms with Gasteiger partial charge in [0.25, 0.3) is 0 Å². The number of methoxy groups -OCH3 is 1. The van der Waals surface area contributed by atoms with Crippen molar-refractivity contribution in [3.05, 3.63) is 46.7 Å². The molecule has 2 aromatic rings. The molecular weight excluding hydrogens is 322 g/mol. The summed E-state index contributed by atoms with van der Waals surface area (Å²) in [6.45, 7) is 2.60. The molecule has 0 spiro atoms. The molecule has 0 saturated heterocycles. The number of benzene rings is 1. The fourth-order valence-electron chi connectivity index (χ4n) is 1.95. The number of thiophene rings is 1. The first kappa shape index (κ1) is 17.0. The van der Waals surface area contributed by atoms with Crippen LogP contribution < -0.4 is 9.46 Å². The van der Waals surface area contributed by atoms with E-state index in [4.69, 9.17) is 9.47 Å². The van der Waals surface area contributed by atoms with Gasteiger partial charge in [-0.15, -0.1) is 0 Å². The molecule has 7 heteroatoms. The summed E-state index contributed by atoms with van der Waals surface area (Å²) in [4.78, 5) is 0.205. The SMILES string of the molecule is CCOc1ccc(S(=O)(=O)NCC(OC)c2ccsc2)cc1. The Labute approximate surface area is 134 Å². The molecule has 0 bridgehead atoms. The summed E-state index contributed by atoms with van der Waals surface area (Å²) in [6, 6.07) is 8.26. The average Bonchev–Trinajstić information content (AvgIpc) is 3.03. The summed E-state index contributed by atoms with van der Waals surface area (Å²) in [6.07, 6.45) is -0.302. The molecular formula is C15H19NO4S2. The van der Waals surface area contributed by atoms with E-state index in [-0.39, 0.29) is 17.5 Å². The first-order valence-electron chi connectivity index (χ1n) is 6.84. The summed E-state index contributed by atoms with van der Waals surface area (Å²) >= 11 is 1.55. The second-order valence-electron chi connectivity index (χ2n) is 4.54. The molecule has 1 atom stereocenters. The van der Waals surface area contributed by atoms with Gasteiger partial charge < -0.3 is 9.47 Å². The van der Waals surface area contributed by atoms with Gasteiger partial charge >= 0.3 is 0 Å². The molecule has 1 N–H and O–H groups in total. The second-order valence-corrected chi connectivity index (χ2v) is 7.08. The van der Waals surface area contributed by atoms with E-state index >= 15 is 0 Å². The Hall–Kier alpha value is -1.41. The van der Waals surface area contributed by atoms with E-state index in [9.17, 15) is 8.42 Å². The Morgan fingerprint density at radius 1 is 1.23 bits per heavy atom. The van der Waals surface area contributed by atoms with E-state index in [1.165, 1.54) is 12.1 Å². The zero-order chi connectivity index (χ0) is 16.0. The third-order valence-electron chi connectivity index (χ3n) is 3.10. The van der Waals surface area contributed by atoms with Crippen LogP contribution in [0, 0.1) is 0 Å². The van der Waals surface area contributed by atoms with Gasteiger partial charge in [-0.1, -0.05) is 0 Å². The molecule has 0 fully saturated rings. The first-order valence-corrected chi connectivity index (χ1v) is 9.27. The van der Waals surface area contributed by atoms with Crippen molar-refractivity contribution in [1.29, 1.82) is 0 Å². The number of hydrogen-bond donors (Lipinski definition) is 1. The Kier molecular flexibility index (Phi) is 5.96. The molecule has 2 rings (SSSR count). The van der Waals surface area contributed by atoms with Crippen molar-refractivity contribution in [2.75, 3.05) is 20.3 Å². The lowest BCUT2D eigenvalue weighted by Gasteiger charge is -2.15. The monoisotopic (exact) mass is 341 g/mol. The predicted molar refractivity (Wildman–Crippen MR) is 86.9 cm³/mol. The van der Waals surface area contributed by atoms with Gasteiger partial charge in [-0.3, -0.25) is 0 Å². The normalized spacial score (nSPS) is 13.0. The zero-order valence-electron chi connectivity index (χ0n) is 12.5. The van der Waals surface area contributed by atoms with E-state index in [1.54, 1.807) is 30.6 Å². The van der Waals surface area contributed by atoms with E-state index in [1.807, 2.05) is 23.8 Å². The van der Waals surface area contributed by atoms with Crippen molar-refractivity contribution in [3.8, 4) is 5.75 Å². The summed E-state index contributed by atoms with van der Waals surface area (Å²) in [5.41, 5.74) is 0.960. The maximum Gasteiger partial charge on any atom is 0.240 e. The number of rotatable bonds is 8. The van der Waals surface area contributed by atoms with Crippen molar-refractivity contribution < 1.29 is 17.9 Å². The maximum atomic E-state index is 12.3. The topological polar surface area (TPSA) is 64.6 Å². The van der Waals surface area contributed by atoms with Crippen molar-refractivity contribution in [3.63, 3.8) is 0 Å². The highest BCUT2D eigenvalue weighted by molar-refractivity contribution is 7.89. The number of nitrogens with one attached hydrogen (secondary N) is 1. The number of hydrogen-bond acceptors (Lipinski definition) is 5. The van der Waals surface area contributed by atoms with Crippen LogP contribution in [-0.4, -0.2) is 28.7 Å². The van der Waals surface area contributed by atoms with Crippen molar-refractivity contribution >= 4 is 21.4 Å². The van der Waals surface area contributed by atoms with E-state index in [2.05, 4.69) is 4.72 Å².